The van der Waals surface area contributed by atoms with Crippen molar-refractivity contribution in [1.29, 1.82) is 0 Å². The lowest BCUT2D eigenvalue weighted by molar-refractivity contribution is -0.139. The van der Waals surface area contributed by atoms with Gasteiger partial charge in [-0.2, -0.15) is 0 Å². The van der Waals surface area contributed by atoms with Crippen LogP contribution in [0.25, 0.3) is 5.65 Å². The molecule has 0 saturated carbocycles. The molecule has 1 aliphatic rings. The first-order valence-corrected chi connectivity index (χ1v) is 6.99. The third kappa shape index (κ3) is 2.91. The summed E-state index contributed by atoms with van der Waals surface area (Å²) in [5.74, 6) is -1.24. The predicted molar refractivity (Wildman–Crippen MR) is 75.5 cm³/mol. The SMILES string of the molecule is O=C(O)CC1(NC(=O)c2ccc3nncn3c2)CCOCC1. The Morgan fingerprint density at radius 3 is 2.86 bits per heavy atom. The van der Waals surface area contributed by atoms with Crippen LogP contribution in [0.15, 0.2) is 24.7 Å². The van der Waals surface area contributed by atoms with Crippen molar-refractivity contribution in [2.75, 3.05) is 13.2 Å². The number of fused-ring (bicyclic) bond motifs is 1. The van der Waals surface area contributed by atoms with Crippen molar-refractivity contribution in [3.05, 3.63) is 30.2 Å². The largest absolute Gasteiger partial charge is 0.481 e. The van der Waals surface area contributed by atoms with Gasteiger partial charge in [-0.3, -0.25) is 14.0 Å². The predicted octanol–water partition coefficient (Wildman–Crippen LogP) is 0.483. The zero-order valence-corrected chi connectivity index (χ0v) is 11.9. The topological polar surface area (TPSA) is 106 Å². The van der Waals surface area contributed by atoms with Crippen LogP contribution in [0.4, 0.5) is 0 Å². The Balaban J connectivity index is 1.81. The molecule has 1 fully saturated rings. The van der Waals surface area contributed by atoms with Gasteiger partial charge in [0.1, 0.15) is 6.33 Å². The second-order valence-corrected chi connectivity index (χ2v) is 5.43. The van der Waals surface area contributed by atoms with Crippen LogP contribution in [-0.2, 0) is 9.53 Å². The fourth-order valence-electron chi connectivity index (χ4n) is 2.67. The van der Waals surface area contributed by atoms with Gasteiger partial charge in [0.15, 0.2) is 5.65 Å². The minimum Gasteiger partial charge on any atom is -0.481 e. The number of hydrogen-bond acceptors (Lipinski definition) is 5. The molecule has 116 valence electrons. The number of aromatic nitrogens is 3. The van der Waals surface area contributed by atoms with Crippen molar-refractivity contribution < 1.29 is 19.4 Å². The van der Waals surface area contributed by atoms with Crippen LogP contribution in [0.2, 0.25) is 0 Å². The van der Waals surface area contributed by atoms with E-state index in [0.29, 0.717) is 37.3 Å². The average molecular weight is 304 g/mol. The van der Waals surface area contributed by atoms with Gasteiger partial charge in [0.05, 0.1) is 17.5 Å². The van der Waals surface area contributed by atoms with Gasteiger partial charge in [-0.25, -0.2) is 0 Å². The molecule has 1 amide bonds. The highest BCUT2D eigenvalue weighted by Crippen LogP contribution is 2.25. The fraction of sp³-hybridized carbons (Fsp3) is 0.429. The first-order chi connectivity index (χ1) is 10.6. The van der Waals surface area contributed by atoms with E-state index in [1.165, 1.54) is 6.33 Å². The van der Waals surface area contributed by atoms with Crippen LogP contribution in [-0.4, -0.2) is 50.3 Å². The van der Waals surface area contributed by atoms with Crippen LogP contribution >= 0.6 is 0 Å². The van der Waals surface area contributed by atoms with Gasteiger partial charge in [-0.05, 0) is 25.0 Å². The Hall–Kier alpha value is -2.48. The molecule has 2 N–H and O–H groups in total. The molecule has 3 rings (SSSR count). The molecule has 2 aromatic rings. The number of amides is 1. The van der Waals surface area contributed by atoms with E-state index in [0.717, 1.165) is 0 Å². The molecule has 1 aliphatic heterocycles. The van der Waals surface area contributed by atoms with E-state index in [1.807, 2.05) is 0 Å². The Kier molecular flexibility index (Phi) is 3.76. The molecule has 0 radical (unpaired) electrons. The van der Waals surface area contributed by atoms with Crippen LogP contribution in [0, 0.1) is 0 Å². The summed E-state index contributed by atoms with van der Waals surface area (Å²) in [6.07, 6.45) is 3.99. The van der Waals surface area contributed by atoms with E-state index >= 15 is 0 Å². The summed E-state index contributed by atoms with van der Waals surface area (Å²) in [7, 11) is 0. The molecule has 22 heavy (non-hydrogen) atoms. The lowest BCUT2D eigenvalue weighted by Crippen LogP contribution is -2.53. The number of carbonyl (C=O) groups excluding carboxylic acids is 1. The molecule has 0 bridgehead atoms. The van der Waals surface area contributed by atoms with Crippen LogP contribution in [0.1, 0.15) is 29.6 Å². The average Bonchev–Trinajstić information content (AvgIpc) is 2.94. The lowest BCUT2D eigenvalue weighted by Gasteiger charge is -2.36. The number of carbonyl (C=O) groups is 2. The second-order valence-electron chi connectivity index (χ2n) is 5.43. The number of rotatable bonds is 4. The van der Waals surface area contributed by atoms with Crippen LogP contribution in [0.3, 0.4) is 0 Å². The van der Waals surface area contributed by atoms with E-state index in [1.54, 1.807) is 22.7 Å². The van der Waals surface area contributed by atoms with Gasteiger partial charge in [0, 0.05) is 19.4 Å². The number of pyridine rings is 1. The Morgan fingerprint density at radius 1 is 1.36 bits per heavy atom. The Bertz CT molecular complexity index is 706. The Labute approximate surface area is 126 Å². The molecule has 2 aromatic heterocycles. The molecule has 0 atom stereocenters. The highest BCUT2D eigenvalue weighted by molar-refractivity contribution is 5.95. The number of carboxylic acid groups (broad SMARTS) is 1. The van der Waals surface area contributed by atoms with Crippen molar-refractivity contribution >= 4 is 17.5 Å². The maximum Gasteiger partial charge on any atom is 0.305 e. The number of nitrogens with zero attached hydrogens (tertiary/aromatic N) is 3. The quantitative estimate of drug-likeness (QED) is 0.851. The minimum atomic E-state index is -0.934. The van der Waals surface area contributed by atoms with Crippen LogP contribution < -0.4 is 5.32 Å². The molecule has 1 saturated heterocycles. The van der Waals surface area contributed by atoms with Gasteiger partial charge in [0.25, 0.3) is 5.91 Å². The number of nitrogens with one attached hydrogen (secondary N) is 1. The second kappa shape index (κ2) is 5.72. The van der Waals surface area contributed by atoms with Gasteiger partial charge in [0.2, 0.25) is 0 Å². The van der Waals surface area contributed by atoms with E-state index in [9.17, 15) is 9.59 Å². The highest BCUT2D eigenvalue weighted by Gasteiger charge is 2.36. The maximum atomic E-state index is 12.5. The van der Waals surface area contributed by atoms with Crippen molar-refractivity contribution in [2.45, 2.75) is 24.8 Å². The van der Waals surface area contributed by atoms with Crippen molar-refractivity contribution in [3.63, 3.8) is 0 Å². The summed E-state index contributed by atoms with van der Waals surface area (Å²) < 4.78 is 6.92. The third-order valence-corrected chi connectivity index (χ3v) is 3.87. The van der Waals surface area contributed by atoms with Gasteiger partial charge in [-0.1, -0.05) is 0 Å². The monoisotopic (exact) mass is 304 g/mol. The summed E-state index contributed by atoms with van der Waals surface area (Å²) in [6.45, 7) is 0.885. The molecule has 0 aromatic carbocycles. The lowest BCUT2D eigenvalue weighted by atomic mass is 9.86. The number of carboxylic acids is 1. The van der Waals surface area contributed by atoms with Gasteiger partial charge in [-0.15, -0.1) is 10.2 Å². The highest BCUT2D eigenvalue weighted by atomic mass is 16.5. The minimum absolute atomic E-state index is 0.114. The number of ether oxygens (including phenoxy) is 1. The molecule has 8 nitrogen and oxygen atoms in total. The van der Waals surface area contributed by atoms with Crippen molar-refractivity contribution in [2.24, 2.45) is 0 Å². The molecule has 0 aliphatic carbocycles. The molecular weight excluding hydrogens is 288 g/mol. The van der Waals surface area contributed by atoms with E-state index in [-0.39, 0.29) is 12.3 Å². The standard InChI is InChI=1S/C14H16N4O4/c19-12(20)7-14(3-5-22-6-4-14)16-13(21)10-1-2-11-17-15-9-18(11)8-10/h1-2,8-9H,3-7H2,(H,16,21)(H,19,20). The third-order valence-electron chi connectivity index (χ3n) is 3.87. The van der Waals surface area contributed by atoms with Crippen molar-refractivity contribution in [3.8, 4) is 0 Å². The summed E-state index contributed by atoms with van der Waals surface area (Å²) in [6, 6.07) is 3.34. The smallest absolute Gasteiger partial charge is 0.305 e. The van der Waals surface area contributed by atoms with Crippen molar-refractivity contribution in [1.82, 2.24) is 19.9 Å². The number of hydrogen-bond donors (Lipinski definition) is 2. The first kappa shape index (κ1) is 14.5. The molecule has 3 heterocycles. The van der Waals surface area contributed by atoms with Crippen LogP contribution in [0.5, 0.6) is 0 Å². The normalized spacial score (nSPS) is 17.3. The van der Waals surface area contributed by atoms with E-state index in [2.05, 4.69) is 15.5 Å². The number of aliphatic carboxylic acids is 1. The zero-order valence-electron chi connectivity index (χ0n) is 11.9. The molecule has 8 heteroatoms. The summed E-state index contributed by atoms with van der Waals surface area (Å²) >= 11 is 0. The zero-order chi connectivity index (χ0) is 15.6. The summed E-state index contributed by atoms with van der Waals surface area (Å²) in [5.41, 5.74) is 0.315. The van der Waals surface area contributed by atoms with Gasteiger partial charge >= 0.3 is 5.97 Å². The molecule has 0 spiro atoms. The van der Waals surface area contributed by atoms with Gasteiger partial charge < -0.3 is 15.2 Å². The fourth-order valence-corrected chi connectivity index (χ4v) is 2.67. The van der Waals surface area contributed by atoms with E-state index < -0.39 is 11.5 Å². The summed E-state index contributed by atoms with van der Waals surface area (Å²) in [4.78, 5) is 23.6. The molecular formula is C14H16N4O4. The van der Waals surface area contributed by atoms with E-state index in [4.69, 9.17) is 9.84 Å². The molecule has 0 unspecified atom stereocenters. The Morgan fingerprint density at radius 2 is 2.14 bits per heavy atom. The summed E-state index contributed by atoms with van der Waals surface area (Å²) in [5, 5.41) is 19.6. The maximum absolute atomic E-state index is 12.5. The first-order valence-electron chi connectivity index (χ1n) is 6.99.